The second-order valence-electron chi connectivity index (χ2n) is 3.96. The molecule has 10 heteroatoms. The number of nitrogens with zero attached hydrogens (tertiary/aromatic N) is 1. The van der Waals surface area contributed by atoms with Crippen LogP contribution in [0, 0.1) is 0 Å². The van der Waals surface area contributed by atoms with Crippen molar-refractivity contribution >= 4 is 26.0 Å². The lowest BCUT2D eigenvalue weighted by Crippen LogP contribution is -2.31. The third-order valence-corrected chi connectivity index (χ3v) is 4.82. The number of halogens is 4. The van der Waals surface area contributed by atoms with E-state index in [4.69, 9.17) is 4.74 Å². The molecule has 0 aliphatic rings. The number of benzene rings is 1. The van der Waals surface area contributed by atoms with E-state index >= 15 is 0 Å². The first-order valence-corrected chi connectivity index (χ1v) is 7.82. The van der Waals surface area contributed by atoms with E-state index < -0.39 is 27.0 Å². The Morgan fingerprint density at radius 2 is 1.95 bits per heavy atom. The molecule has 0 N–H and O–H groups in total. The van der Waals surface area contributed by atoms with Gasteiger partial charge in [0.25, 0.3) is 0 Å². The Morgan fingerprint density at radius 1 is 1.33 bits per heavy atom. The van der Waals surface area contributed by atoms with E-state index in [0.29, 0.717) is 0 Å². The van der Waals surface area contributed by atoms with Gasteiger partial charge in [-0.15, -0.1) is 13.2 Å². The zero-order chi connectivity index (χ0) is 16.3. The van der Waals surface area contributed by atoms with Crippen LogP contribution in [0.5, 0.6) is 5.75 Å². The van der Waals surface area contributed by atoms with Crippen molar-refractivity contribution in [2.75, 3.05) is 27.3 Å². The Bertz CT molecular complexity index is 592. The molecule has 21 heavy (non-hydrogen) atoms. The lowest BCUT2D eigenvalue weighted by molar-refractivity contribution is -0.275. The number of rotatable bonds is 6. The minimum atomic E-state index is -4.99. The summed E-state index contributed by atoms with van der Waals surface area (Å²) in [5.74, 6) is -0.791. The molecule has 0 heterocycles. The molecule has 120 valence electrons. The Kier molecular flexibility index (Phi) is 6.02. The van der Waals surface area contributed by atoms with Gasteiger partial charge < -0.3 is 9.47 Å². The number of likely N-dealkylation sites (N-methyl/N-ethyl adjacent to an activating group) is 1. The molecule has 0 aliphatic carbocycles. The normalized spacial score (nSPS) is 12.7. The molecule has 0 saturated heterocycles. The fourth-order valence-electron chi connectivity index (χ4n) is 1.41. The fourth-order valence-corrected chi connectivity index (χ4v) is 2.99. The van der Waals surface area contributed by atoms with E-state index in [0.717, 1.165) is 16.4 Å². The van der Waals surface area contributed by atoms with E-state index in [1.165, 1.54) is 20.2 Å². The molecule has 0 saturated carbocycles. The van der Waals surface area contributed by atoms with Crippen LogP contribution in [0.4, 0.5) is 13.2 Å². The second kappa shape index (κ2) is 6.95. The van der Waals surface area contributed by atoms with E-state index in [2.05, 4.69) is 20.7 Å². The summed E-state index contributed by atoms with van der Waals surface area (Å²) in [6, 6.07) is 3.31. The molecule has 0 amide bonds. The number of ether oxygens (including phenoxy) is 2. The van der Waals surface area contributed by atoms with Crippen LogP contribution in [0.1, 0.15) is 0 Å². The average molecular weight is 392 g/mol. The smallest absolute Gasteiger partial charge is 0.404 e. The summed E-state index contributed by atoms with van der Waals surface area (Å²) in [5.41, 5.74) is 0. The summed E-state index contributed by atoms with van der Waals surface area (Å²) in [7, 11) is -1.49. The lowest BCUT2D eigenvalue weighted by Gasteiger charge is -2.19. The van der Waals surface area contributed by atoms with Gasteiger partial charge in [0.15, 0.2) is 5.75 Å². The van der Waals surface area contributed by atoms with Crippen molar-refractivity contribution in [2.24, 2.45) is 0 Å². The maximum atomic E-state index is 12.4. The number of hydrogen-bond acceptors (Lipinski definition) is 4. The maximum absolute atomic E-state index is 12.4. The fraction of sp³-hybridized carbons (Fsp3) is 0.455. The maximum Gasteiger partial charge on any atom is 0.573 e. The third-order valence-electron chi connectivity index (χ3n) is 2.43. The third kappa shape index (κ3) is 5.13. The van der Waals surface area contributed by atoms with Gasteiger partial charge in [0.1, 0.15) is 4.90 Å². The first-order valence-electron chi connectivity index (χ1n) is 5.58. The van der Waals surface area contributed by atoms with E-state index in [1.807, 2.05) is 0 Å². The first-order chi connectivity index (χ1) is 9.58. The van der Waals surface area contributed by atoms with Crippen LogP contribution < -0.4 is 4.74 Å². The Labute approximate surface area is 128 Å². The van der Waals surface area contributed by atoms with Crippen LogP contribution in [0.2, 0.25) is 0 Å². The molecule has 0 spiro atoms. The van der Waals surface area contributed by atoms with Gasteiger partial charge in [-0.2, -0.15) is 4.31 Å². The molecular weight excluding hydrogens is 379 g/mol. The minimum absolute atomic E-state index is 0.000352. The molecule has 0 unspecified atom stereocenters. The quantitative estimate of drug-likeness (QED) is 0.747. The monoisotopic (exact) mass is 391 g/mol. The molecule has 1 aromatic rings. The molecular formula is C11H13BrF3NO4S. The zero-order valence-electron chi connectivity index (χ0n) is 11.1. The number of alkyl halides is 3. The topological polar surface area (TPSA) is 55.8 Å². The molecule has 1 aromatic carbocycles. The number of sulfonamides is 1. The van der Waals surface area contributed by atoms with Crippen LogP contribution >= 0.6 is 15.9 Å². The second-order valence-corrected chi connectivity index (χ2v) is 6.89. The van der Waals surface area contributed by atoms with Gasteiger partial charge in [-0.05, 0) is 18.2 Å². The van der Waals surface area contributed by atoms with Crippen molar-refractivity contribution in [3.05, 3.63) is 22.7 Å². The van der Waals surface area contributed by atoms with Gasteiger partial charge in [0, 0.05) is 25.2 Å². The SMILES string of the molecule is COCCN(C)S(=O)(=O)c1ccc(Br)cc1OC(F)(F)F. The van der Waals surface area contributed by atoms with Crippen LogP contribution in [-0.2, 0) is 14.8 Å². The van der Waals surface area contributed by atoms with E-state index in [1.54, 1.807) is 0 Å². The Hall–Kier alpha value is -0.840. The summed E-state index contributed by atoms with van der Waals surface area (Å²) in [5, 5.41) is 0. The molecule has 5 nitrogen and oxygen atoms in total. The highest BCUT2D eigenvalue weighted by Crippen LogP contribution is 2.33. The van der Waals surface area contributed by atoms with Gasteiger partial charge in [-0.25, -0.2) is 8.42 Å². The molecule has 0 fully saturated rings. The molecule has 0 aliphatic heterocycles. The molecule has 0 radical (unpaired) electrons. The summed E-state index contributed by atoms with van der Waals surface area (Å²) >= 11 is 2.97. The average Bonchev–Trinajstić information content (AvgIpc) is 2.33. The predicted molar refractivity (Wildman–Crippen MR) is 72.5 cm³/mol. The van der Waals surface area contributed by atoms with E-state index in [-0.39, 0.29) is 17.6 Å². The van der Waals surface area contributed by atoms with Crippen LogP contribution in [0.3, 0.4) is 0 Å². The van der Waals surface area contributed by atoms with Gasteiger partial charge >= 0.3 is 6.36 Å². The molecule has 1 rings (SSSR count). The van der Waals surface area contributed by atoms with Crippen LogP contribution in [0.15, 0.2) is 27.6 Å². The van der Waals surface area contributed by atoms with Crippen LogP contribution in [0.25, 0.3) is 0 Å². The summed E-state index contributed by atoms with van der Waals surface area (Å²) in [6.45, 7) is 0.113. The number of methoxy groups -OCH3 is 1. The standard InChI is InChI=1S/C11H13BrF3NO4S/c1-16(5-6-19-2)21(17,18)10-4-3-8(12)7-9(10)20-11(13,14)15/h3-4,7H,5-6H2,1-2H3. The minimum Gasteiger partial charge on any atom is -0.404 e. The van der Waals surface area contributed by atoms with Crippen molar-refractivity contribution in [1.82, 2.24) is 4.31 Å². The summed E-state index contributed by atoms with van der Waals surface area (Å²) in [6.07, 6.45) is -4.99. The molecule has 0 aromatic heterocycles. The van der Waals surface area contributed by atoms with Gasteiger partial charge in [-0.1, -0.05) is 15.9 Å². The number of hydrogen-bond donors (Lipinski definition) is 0. The van der Waals surface area contributed by atoms with Crippen LogP contribution in [-0.4, -0.2) is 46.4 Å². The highest BCUT2D eigenvalue weighted by atomic mass is 79.9. The Balaban J connectivity index is 3.22. The van der Waals surface area contributed by atoms with Crippen molar-refractivity contribution in [2.45, 2.75) is 11.3 Å². The van der Waals surface area contributed by atoms with Crippen molar-refractivity contribution in [3.8, 4) is 5.75 Å². The zero-order valence-corrected chi connectivity index (χ0v) is 13.5. The lowest BCUT2D eigenvalue weighted by atomic mass is 10.3. The highest BCUT2D eigenvalue weighted by molar-refractivity contribution is 9.10. The predicted octanol–water partition coefficient (Wildman–Crippen LogP) is 2.61. The van der Waals surface area contributed by atoms with Gasteiger partial charge in [0.05, 0.1) is 6.61 Å². The van der Waals surface area contributed by atoms with Gasteiger partial charge in [0.2, 0.25) is 10.0 Å². The first kappa shape index (κ1) is 18.2. The summed E-state index contributed by atoms with van der Waals surface area (Å²) < 4.78 is 71.4. The molecule has 0 atom stereocenters. The van der Waals surface area contributed by atoms with Crippen molar-refractivity contribution in [3.63, 3.8) is 0 Å². The Morgan fingerprint density at radius 3 is 2.48 bits per heavy atom. The summed E-state index contributed by atoms with van der Waals surface area (Å²) in [4.78, 5) is -0.568. The highest BCUT2D eigenvalue weighted by Gasteiger charge is 2.35. The van der Waals surface area contributed by atoms with Gasteiger partial charge in [-0.3, -0.25) is 0 Å². The molecule has 0 bridgehead atoms. The largest absolute Gasteiger partial charge is 0.573 e. The van der Waals surface area contributed by atoms with Crippen molar-refractivity contribution in [1.29, 1.82) is 0 Å². The van der Waals surface area contributed by atoms with Crippen molar-refractivity contribution < 1.29 is 31.1 Å². The van der Waals surface area contributed by atoms with E-state index in [9.17, 15) is 21.6 Å².